The minimum absolute atomic E-state index is 0. The molecule has 0 saturated carbocycles. The first-order chi connectivity index (χ1) is 8.07. The molecule has 0 heterocycles. The Labute approximate surface area is 167 Å². The monoisotopic (exact) mass is 340 g/mol. The fourth-order valence-corrected chi connectivity index (χ4v) is 0.740. The molecule has 0 bridgehead atoms. The Morgan fingerprint density at radius 3 is 1.15 bits per heavy atom. The van der Waals surface area contributed by atoms with Crippen LogP contribution in [0.4, 0.5) is 0 Å². The second-order valence-corrected chi connectivity index (χ2v) is 4.32. The molecule has 2 N–H and O–H groups in total. The maximum atomic E-state index is 9.86. The Hall–Kier alpha value is 0.740. The molecule has 0 aliphatic heterocycles. The minimum atomic E-state index is -1.18. The van der Waals surface area contributed by atoms with Crippen molar-refractivity contribution < 1.29 is 78.9 Å². The SMILES string of the molecule is CN(CC(=O)[O-])C(=N)P.CN(CC(=O)[O-])C(=N)P.[Na+].[Na+]. The number of hydrogen-bond acceptors (Lipinski definition) is 6. The number of nitrogens with zero attached hydrogens (tertiary/aromatic N) is 2. The van der Waals surface area contributed by atoms with Gasteiger partial charge in [0, 0.05) is 14.1 Å². The molecule has 0 radical (unpaired) electrons. The van der Waals surface area contributed by atoms with Crippen LogP contribution in [0.2, 0.25) is 0 Å². The van der Waals surface area contributed by atoms with E-state index in [0.717, 1.165) is 0 Å². The second-order valence-electron chi connectivity index (χ2n) is 3.23. The first kappa shape index (κ1) is 28.8. The molecule has 20 heavy (non-hydrogen) atoms. The summed E-state index contributed by atoms with van der Waals surface area (Å²) < 4.78 is 0. The third-order valence-electron chi connectivity index (χ3n) is 1.56. The molecule has 0 saturated heterocycles. The fraction of sp³-hybridized carbons (Fsp3) is 0.500. The molecule has 0 aromatic carbocycles. The number of nitrogens with one attached hydrogen (secondary N) is 2. The van der Waals surface area contributed by atoms with E-state index in [-0.39, 0.29) is 83.4 Å². The molecule has 0 fully saturated rings. The average molecular weight is 340 g/mol. The van der Waals surface area contributed by atoms with E-state index in [0.29, 0.717) is 0 Å². The van der Waals surface area contributed by atoms with Crippen LogP contribution < -0.4 is 69.3 Å². The van der Waals surface area contributed by atoms with Crippen molar-refractivity contribution in [1.82, 2.24) is 9.80 Å². The molecule has 0 aromatic rings. The number of carboxylic acid groups (broad SMARTS) is 2. The van der Waals surface area contributed by atoms with E-state index in [4.69, 9.17) is 10.8 Å². The summed E-state index contributed by atoms with van der Waals surface area (Å²) in [6.45, 7) is -0.468. The maximum absolute atomic E-state index is 9.86. The van der Waals surface area contributed by atoms with Gasteiger partial charge in [-0.25, -0.2) is 0 Å². The van der Waals surface area contributed by atoms with Gasteiger partial charge in [0.2, 0.25) is 0 Å². The van der Waals surface area contributed by atoms with Crippen LogP contribution in [0, 0.1) is 10.8 Å². The molecular formula is C8H16N4Na2O4P2. The van der Waals surface area contributed by atoms with Crippen molar-refractivity contribution in [2.24, 2.45) is 0 Å². The van der Waals surface area contributed by atoms with E-state index in [1.807, 2.05) is 0 Å². The van der Waals surface area contributed by atoms with Gasteiger partial charge in [0.15, 0.2) is 0 Å². The van der Waals surface area contributed by atoms with Gasteiger partial charge in [-0.15, -0.1) is 0 Å². The topological polar surface area (TPSA) is 134 Å². The normalized spacial score (nSPS) is 7.80. The van der Waals surface area contributed by atoms with E-state index in [1.165, 1.54) is 23.9 Å². The minimum Gasteiger partial charge on any atom is -0.548 e. The number of carbonyl (C=O) groups is 2. The Kier molecular flexibility index (Phi) is 23.2. The van der Waals surface area contributed by atoms with Gasteiger partial charge >= 0.3 is 59.1 Å². The number of rotatable bonds is 4. The van der Waals surface area contributed by atoms with E-state index in [9.17, 15) is 19.8 Å². The molecule has 0 aliphatic rings. The van der Waals surface area contributed by atoms with E-state index in [1.54, 1.807) is 0 Å². The quantitative estimate of drug-likeness (QED) is 0.226. The van der Waals surface area contributed by atoms with Gasteiger partial charge in [0.05, 0.1) is 25.0 Å². The van der Waals surface area contributed by atoms with Crippen molar-refractivity contribution in [3.05, 3.63) is 0 Å². The number of amidine groups is 2. The van der Waals surface area contributed by atoms with Crippen molar-refractivity contribution in [3.8, 4) is 0 Å². The number of aliphatic carboxylic acids is 2. The molecule has 0 aliphatic carbocycles. The van der Waals surface area contributed by atoms with Crippen molar-refractivity contribution in [1.29, 1.82) is 10.8 Å². The maximum Gasteiger partial charge on any atom is 1.00 e. The molecule has 0 rings (SSSR count). The van der Waals surface area contributed by atoms with Crippen LogP contribution >= 0.6 is 18.5 Å². The van der Waals surface area contributed by atoms with Gasteiger partial charge in [-0.1, -0.05) is 18.5 Å². The predicted molar refractivity (Wildman–Crippen MR) is 70.1 cm³/mol. The predicted octanol–water partition coefficient (Wildman–Crippen LogP) is -9.04. The molecule has 104 valence electrons. The Morgan fingerprint density at radius 2 is 1.10 bits per heavy atom. The zero-order valence-corrected chi connectivity index (χ0v) is 18.4. The van der Waals surface area contributed by atoms with Crippen LogP contribution in [0.15, 0.2) is 0 Å². The Morgan fingerprint density at radius 1 is 0.900 bits per heavy atom. The number of carbonyl (C=O) groups excluding carboxylic acids is 2. The Bertz CT molecular complexity index is 314. The van der Waals surface area contributed by atoms with Gasteiger partial charge in [-0.3, -0.25) is 10.8 Å². The zero-order chi connectivity index (χ0) is 14.9. The van der Waals surface area contributed by atoms with Crippen LogP contribution in [0.25, 0.3) is 0 Å². The van der Waals surface area contributed by atoms with Crippen molar-refractivity contribution in [3.63, 3.8) is 0 Å². The second kappa shape index (κ2) is 16.1. The number of carboxylic acids is 2. The molecule has 2 unspecified atom stereocenters. The van der Waals surface area contributed by atoms with Gasteiger partial charge in [-0.05, 0) is 0 Å². The van der Waals surface area contributed by atoms with Gasteiger partial charge < -0.3 is 29.6 Å². The first-order valence-electron chi connectivity index (χ1n) is 4.58. The van der Waals surface area contributed by atoms with Crippen LogP contribution in [0.1, 0.15) is 0 Å². The van der Waals surface area contributed by atoms with Gasteiger partial charge in [0.1, 0.15) is 11.2 Å². The van der Waals surface area contributed by atoms with Crippen LogP contribution in [0.5, 0.6) is 0 Å². The third-order valence-corrected chi connectivity index (χ3v) is 2.44. The summed E-state index contributed by atoms with van der Waals surface area (Å²) in [4.78, 5) is 22.2. The van der Waals surface area contributed by atoms with E-state index in [2.05, 4.69) is 18.5 Å². The molecular weight excluding hydrogens is 324 g/mol. The molecule has 12 heteroatoms. The van der Waals surface area contributed by atoms with E-state index >= 15 is 0 Å². The molecule has 8 nitrogen and oxygen atoms in total. The summed E-state index contributed by atoms with van der Waals surface area (Å²) in [6, 6.07) is 0. The number of likely N-dealkylation sites (N-methyl/N-ethyl adjacent to an activating group) is 2. The van der Waals surface area contributed by atoms with E-state index < -0.39 is 11.9 Å². The Balaban J connectivity index is -0.000000116. The van der Waals surface area contributed by atoms with Crippen LogP contribution in [-0.4, -0.2) is 60.1 Å². The zero-order valence-electron chi connectivity index (χ0n) is 12.1. The fourth-order valence-electron chi connectivity index (χ4n) is 0.558. The van der Waals surface area contributed by atoms with Crippen LogP contribution in [0.3, 0.4) is 0 Å². The summed E-state index contributed by atoms with van der Waals surface area (Å²) >= 11 is 0. The summed E-state index contributed by atoms with van der Waals surface area (Å²) in [7, 11) is 7.17. The summed E-state index contributed by atoms with van der Waals surface area (Å²) in [5, 5.41) is 33.5. The molecule has 0 aromatic heterocycles. The molecule has 0 spiro atoms. The average Bonchev–Trinajstić information content (AvgIpc) is 2.16. The van der Waals surface area contributed by atoms with Crippen molar-refractivity contribution in [2.75, 3.05) is 27.2 Å². The summed E-state index contributed by atoms with van der Waals surface area (Å²) in [5.74, 6) is -2.35. The van der Waals surface area contributed by atoms with Gasteiger partial charge in [0.25, 0.3) is 0 Å². The summed E-state index contributed by atoms with van der Waals surface area (Å²) in [5.41, 5.74) is 0.276. The smallest absolute Gasteiger partial charge is 0.548 e. The standard InChI is InChI=1S/2C4H9N2O2P.2Na/c2*1-6(4(5)9)2-3(7)8;;/h2*5H,2,9H2,1H3,(H,7,8);;/q;;2*+1/p-2. The van der Waals surface area contributed by atoms with Crippen LogP contribution in [-0.2, 0) is 9.59 Å². The van der Waals surface area contributed by atoms with Crippen molar-refractivity contribution >= 4 is 41.6 Å². The first-order valence-corrected chi connectivity index (χ1v) is 5.73. The third kappa shape index (κ3) is 21.0. The molecule has 2 atom stereocenters. The summed E-state index contributed by atoms with van der Waals surface area (Å²) in [6.07, 6.45) is 0. The number of hydrogen-bond donors (Lipinski definition) is 2. The van der Waals surface area contributed by atoms with Crippen molar-refractivity contribution in [2.45, 2.75) is 0 Å². The largest absolute Gasteiger partial charge is 1.00 e. The van der Waals surface area contributed by atoms with Gasteiger partial charge in [-0.2, -0.15) is 0 Å². The molecule has 0 amide bonds.